The zero-order valence-electron chi connectivity index (χ0n) is 4.31. The normalized spacial score (nSPS) is 5.83. The third-order valence-electron chi connectivity index (χ3n) is 0. The van der Waals surface area contributed by atoms with Crippen LogP contribution in [0.5, 0.6) is 0 Å². The summed E-state index contributed by atoms with van der Waals surface area (Å²) in [6.07, 6.45) is 1.75. The van der Waals surface area contributed by atoms with E-state index < -0.39 is 0 Å². The SMILES string of the molecule is C=CC.[SiH3][CH2][Pt]. The van der Waals surface area contributed by atoms with Gasteiger partial charge in [-0.3, -0.25) is 0 Å². The van der Waals surface area contributed by atoms with Crippen LogP contribution in [0.3, 0.4) is 0 Å². The van der Waals surface area contributed by atoms with Crippen molar-refractivity contribution in [1.29, 1.82) is 0 Å². The Balaban J connectivity index is 0. The summed E-state index contributed by atoms with van der Waals surface area (Å²) in [5.74, 6) is 0. The van der Waals surface area contributed by atoms with Crippen LogP contribution in [0.1, 0.15) is 6.92 Å². The van der Waals surface area contributed by atoms with Gasteiger partial charge in [-0.1, -0.05) is 6.08 Å². The Hall–Kier alpha value is 0.645. The summed E-state index contributed by atoms with van der Waals surface area (Å²) in [6.45, 7) is 5.25. The summed E-state index contributed by atoms with van der Waals surface area (Å²) in [5, 5.41) is 0. The molecular weight excluding hydrogens is 271 g/mol. The Bertz CT molecular complexity index is 21.5. The molecule has 0 radical (unpaired) electrons. The van der Waals surface area contributed by atoms with Crippen LogP contribution in [0.15, 0.2) is 12.7 Å². The second-order valence-electron chi connectivity index (χ2n) is 0.632. The van der Waals surface area contributed by atoms with Gasteiger partial charge in [-0.15, -0.1) is 6.58 Å². The van der Waals surface area contributed by atoms with Crippen LogP contribution in [-0.2, 0) is 19.8 Å². The minimum absolute atomic E-state index is 1.36. The van der Waals surface area contributed by atoms with Crippen molar-refractivity contribution in [2.24, 2.45) is 0 Å². The summed E-state index contributed by atoms with van der Waals surface area (Å²) in [4.78, 5) is 0. The van der Waals surface area contributed by atoms with Gasteiger partial charge in [-0.25, -0.2) is 0 Å². The fraction of sp³-hybridized carbons (Fsp3) is 0.500. The average molecular weight is 282 g/mol. The molecule has 0 aliphatic rings. The van der Waals surface area contributed by atoms with E-state index in [4.69, 9.17) is 0 Å². The van der Waals surface area contributed by atoms with Crippen LogP contribution in [0, 0.1) is 0 Å². The van der Waals surface area contributed by atoms with Gasteiger partial charge in [0.2, 0.25) is 0 Å². The van der Waals surface area contributed by atoms with Crippen LogP contribution in [0.25, 0.3) is 0 Å². The van der Waals surface area contributed by atoms with Crippen molar-refractivity contribution < 1.29 is 19.8 Å². The fourth-order valence-corrected chi connectivity index (χ4v) is 0. The first-order valence-corrected chi connectivity index (χ1v) is 4.94. The molecule has 0 fully saturated rings. The molecule has 0 bridgehead atoms. The van der Waals surface area contributed by atoms with Crippen LogP contribution in [0.4, 0.5) is 0 Å². The molecule has 0 aromatic carbocycles. The Morgan fingerprint density at radius 3 is 2.00 bits per heavy atom. The molecule has 0 rings (SSSR count). The molecular formula is C4H11PtSi. The van der Waals surface area contributed by atoms with Crippen molar-refractivity contribution in [3.8, 4) is 0 Å². The van der Waals surface area contributed by atoms with E-state index in [2.05, 4.69) is 26.4 Å². The molecule has 2 heteroatoms. The summed E-state index contributed by atoms with van der Waals surface area (Å²) < 4.78 is 1.36. The number of hydrogen-bond acceptors (Lipinski definition) is 0. The molecule has 0 aliphatic heterocycles. The van der Waals surface area contributed by atoms with E-state index in [9.17, 15) is 0 Å². The first-order chi connectivity index (χ1) is 2.83. The summed E-state index contributed by atoms with van der Waals surface area (Å²) in [6, 6.07) is 0. The molecule has 0 aliphatic carbocycles. The van der Waals surface area contributed by atoms with Gasteiger partial charge in [0.05, 0.1) is 0 Å². The van der Waals surface area contributed by atoms with E-state index in [1.54, 1.807) is 6.08 Å². The van der Waals surface area contributed by atoms with E-state index in [0.717, 1.165) is 0 Å². The first-order valence-electron chi connectivity index (χ1n) is 1.92. The quantitative estimate of drug-likeness (QED) is 0.447. The maximum absolute atomic E-state index is 3.36. The summed E-state index contributed by atoms with van der Waals surface area (Å²) in [7, 11) is 1.36. The molecule has 0 nitrogen and oxygen atoms in total. The Labute approximate surface area is 54.3 Å². The topological polar surface area (TPSA) is 0 Å². The van der Waals surface area contributed by atoms with Gasteiger partial charge < -0.3 is 0 Å². The van der Waals surface area contributed by atoms with Crippen molar-refractivity contribution in [2.45, 2.75) is 11.4 Å². The molecule has 0 spiro atoms. The minimum atomic E-state index is 1.36. The molecule has 0 heterocycles. The van der Waals surface area contributed by atoms with E-state index in [1.807, 2.05) is 6.92 Å². The van der Waals surface area contributed by atoms with E-state index in [1.165, 1.54) is 14.7 Å². The summed E-state index contributed by atoms with van der Waals surface area (Å²) in [5.41, 5.74) is 0. The van der Waals surface area contributed by atoms with E-state index in [-0.39, 0.29) is 0 Å². The van der Waals surface area contributed by atoms with Gasteiger partial charge in [-0.2, -0.15) is 0 Å². The van der Waals surface area contributed by atoms with Gasteiger partial charge >= 0.3 is 34.5 Å². The van der Waals surface area contributed by atoms with Crippen molar-refractivity contribution in [3.63, 3.8) is 0 Å². The monoisotopic (exact) mass is 282 g/mol. The number of rotatable bonds is 0. The second kappa shape index (κ2) is 17.4. The van der Waals surface area contributed by atoms with Gasteiger partial charge in [-0.05, 0) is 6.92 Å². The van der Waals surface area contributed by atoms with Gasteiger partial charge in [0.1, 0.15) is 0 Å². The molecule has 0 saturated carbocycles. The summed E-state index contributed by atoms with van der Waals surface area (Å²) >= 11 is 2.34. The van der Waals surface area contributed by atoms with E-state index >= 15 is 0 Å². The third-order valence-corrected chi connectivity index (χ3v) is 0. The Morgan fingerprint density at radius 2 is 2.00 bits per heavy atom. The molecule has 0 atom stereocenters. The standard InChI is InChI=1S/C3H6.CH5Si.Pt/c1-3-2;1-2;/h3H,1H2,2H3;1H2,2H3;. The van der Waals surface area contributed by atoms with Crippen LogP contribution in [0.2, 0.25) is 4.43 Å². The number of hydrogen-bond donors (Lipinski definition) is 0. The third kappa shape index (κ3) is 148. The second-order valence-corrected chi connectivity index (χ2v) is 5.90. The zero-order valence-corrected chi connectivity index (χ0v) is 8.58. The van der Waals surface area contributed by atoms with Crippen molar-refractivity contribution in [1.82, 2.24) is 0 Å². The average Bonchev–Trinajstić information content (AvgIpc) is 1.39. The predicted molar refractivity (Wildman–Crippen MR) is 30.6 cm³/mol. The predicted octanol–water partition coefficient (Wildman–Crippen LogP) is 0.467. The fourth-order valence-electron chi connectivity index (χ4n) is 0. The van der Waals surface area contributed by atoms with Gasteiger partial charge in [0.15, 0.2) is 0 Å². The zero-order chi connectivity index (χ0) is 5.41. The van der Waals surface area contributed by atoms with Gasteiger partial charge in [0.25, 0.3) is 0 Å². The molecule has 0 unspecified atom stereocenters. The molecule has 41 valence electrons. The van der Waals surface area contributed by atoms with Crippen molar-refractivity contribution in [2.75, 3.05) is 0 Å². The molecule has 0 saturated heterocycles. The maximum atomic E-state index is 3.36. The first kappa shape index (κ1) is 9.81. The van der Waals surface area contributed by atoms with Crippen LogP contribution >= 0.6 is 0 Å². The Kier molecular flexibility index (Phi) is 28.5. The molecule has 0 N–H and O–H groups in total. The number of allylic oxidation sites excluding steroid dienone is 1. The van der Waals surface area contributed by atoms with Crippen molar-refractivity contribution in [3.05, 3.63) is 12.7 Å². The Morgan fingerprint density at radius 1 is 2.00 bits per heavy atom. The van der Waals surface area contributed by atoms with Crippen LogP contribution < -0.4 is 0 Å². The molecule has 0 aromatic heterocycles. The van der Waals surface area contributed by atoms with Gasteiger partial charge in [0, 0.05) is 0 Å². The molecule has 0 aromatic rings. The van der Waals surface area contributed by atoms with E-state index in [0.29, 0.717) is 0 Å². The van der Waals surface area contributed by atoms with Crippen LogP contribution in [-0.4, -0.2) is 10.2 Å². The molecule has 6 heavy (non-hydrogen) atoms. The molecule has 0 amide bonds. The van der Waals surface area contributed by atoms with Crippen molar-refractivity contribution >= 4 is 10.2 Å².